The number of amides is 2. The number of likely N-dealkylation sites (tertiary alicyclic amines) is 2. The maximum absolute atomic E-state index is 13.9. The van der Waals surface area contributed by atoms with Crippen LogP contribution < -0.4 is 30.7 Å². The lowest BCUT2D eigenvalue weighted by Crippen LogP contribution is -2.49. The Bertz CT molecular complexity index is 1860. The molecule has 2 saturated heterocycles. The van der Waals surface area contributed by atoms with Crippen molar-refractivity contribution < 1.29 is 38.1 Å². The van der Waals surface area contributed by atoms with Crippen LogP contribution in [0.4, 0.5) is 0 Å². The Labute approximate surface area is 336 Å². The van der Waals surface area contributed by atoms with E-state index in [9.17, 15) is 19.2 Å². The van der Waals surface area contributed by atoms with E-state index in [0.717, 1.165) is 11.1 Å². The summed E-state index contributed by atoms with van der Waals surface area (Å²) in [6.07, 6.45) is 6.21. The van der Waals surface area contributed by atoms with Crippen LogP contribution in [0.25, 0.3) is 0 Å². The van der Waals surface area contributed by atoms with Crippen molar-refractivity contribution in [2.45, 2.75) is 63.7 Å². The fourth-order valence-electron chi connectivity index (χ4n) is 7.54. The Hall–Kier alpha value is -5.48. The lowest BCUT2D eigenvalue weighted by atomic mass is 9.94. The molecule has 2 aromatic rings. The quantitative estimate of drug-likeness (QED) is 0.140. The largest absolute Gasteiger partial charge is 0.490 e. The van der Waals surface area contributed by atoms with Crippen LogP contribution in [0, 0.1) is 0 Å². The molecule has 0 spiro atoms. The molecule has 296 valence electrons. The highest BCUT2D eigenvalue weighted by molar-refractivity contribution is 7.80. The van der Waals surface area contributed by atoms with Gasteiger partial charge in [0.15, 0.2) is 10.2 Å². The van der Waals surface area contributed by atoms with Gasteiger partial charge in [0.05, 0.1) is 37.4 Å². The third kappa shape index (κ3) is 8.81. The number of methoxy groups -OCH3 is 2. The van der Waals surface area contributed by atoms with Crippen molar-refractivity contribution in [1.82, 2.24) is 31.1 Å². The fourth-order valence-corrected chi connectivity index (χ4v) is 8.08. The summed E-state index contributed by atoms with van der Waals surface area (Å²) in [5.41, 5.74) is 3.73. The molecule has 14 nitrogen and oxygen atoms in total. The minimum Gasteiger partial charge on any atom is -0.490 e. The molecular weight excluding hydrogens is 757 g/mol. The Morgan fingerprint density at radius 3 is 1.50 bits per heavy atom. The van der Waals surface area contributed by atoms with Crippen LogP contribution in [0.2, 0.25) is 0 Å². The Kier molecular flexibility index (Phi) is 12.9. The van der Waals surface area contributed by atoms with Crippen molar-refractivity contribution >= 4 is 58.4 Å². The van der Waals surface area contributed by atoms with Gasteiger partial charge in [0.25, 0.3) is 11.8 Å². The highest BCUT2D eigenvalue weighted by Gasteiger charge is 2.41. The summed E-state index contributed by atoms with van der Waals surface area (Å²) in [7, 11) is 2.66. The molecular formula is C40H46N6O8S2. The second-order valence-corrected chi connectivity index (χ2v) is 14.6. The summed E-state index contributed by atoms with van der Waals surface area (Å²) in [5, 5.41) is 13.3. The zero-order chi connectivity index (χ0) is 39.9. The summed E-state index contributed by atoms with van der Waals surface area (Å²) in [6, 6.07) is 12.5. The minimum absolute atomic E-state index is 0.255. The first-order chi connectivity index (χ1) is 27.0. The first-order valence-corrected chi connectivity index (χ1v) is 19.3. The van der Waals surface area contributed by atoms with E-state index in [1.807, 2.05) is 60.7 Å². The third-order valence-electron chi connectivity index (χ3n) is 10.2. The molecule has 4 heterocycles. The van der Waals surface area contributed by atoms with Gasteiger partial charge in [-0.15, -0.1) is 0 Å². The lowest BCUT2D eigenvalue weighted by Gasteiger charge is -2.33. The van der Waals surface area contributed by atoms with Crippen LogP contribution in [0.15, 0.2) is 83.2 Å². The SMILES string of the molecule is COC(=O)[C@@H]1CCCN1C(=O)C1=C(C)NC(=S)NC1c1cccc(OC/C=C/COc2cccc(C3NC(=S)NC(C)=C3C(=O)N3CCC[C@H]3C(=O)OC)c2)c1. The predicted octanol–water partition coefficient (Wildman–Crippen LogP) is 3.61. The van der Waals surface area contributed by atoms with Crippen LogP contribution in [0.3, 0.4) is 0 Å². The number of ether oxygens (including phenoxy) is 4. The van der Waals surface area contributed by atoms with Crippen molar-refractivity contribution in [3.63, 3.8) is 0 Å². The Balaban J connectivity index is 1.07. The Morgan fingerprint density at radius 1 is 0.696 bits per heavy atom. The van der Waals surface area contributed by atoms with Gasteiger partial charge in [-0.05, 0) is 112 Å². The summed E-state index contributed by atoms with van der Waals surface area (Å²) in [5.74, 6) is -0.172. The number of benzene rings is 2. The third-order valence-corrected chi connectivity index (χ3v) is 10.7. The monoisotopic (exact) mass is 802 g/mol. The number of allylic oxidation sites excluding steroid dienone is 2. The number of thiocarbonyl (C=S) groups is 2. The Morgan fingerprint density at radius 2 is 1.11 bits per heavy atom. The average molecular weight is 803 g/mol. The number of carbonyl (C=O) groups excluding carboxylic acids is 4. The van der Waals surface area contributed by atoms with E-state index in [1.165, 1.54) is 14.2 Å². The van der Waals surface area contributed by atoms with E-state index in [-0.39, 0.29) is 25.0 Å². The van der Waals surface area contributed by atoms with Crippen molar-refractivity contribution in [3.8, 4) is 11.5 Å². The highest BCUT2D eigenvalue weighted by atomic mass is 32.1. The van der Waals surface area contributed by atoms with Crippen LogP contribution >= 0.6 is 24.4 Å². The van der Waals surface area contributed by atoms with Gasteiger partial charge in [0.2, 0.25) is 0 Å². The number of nitrogens with zero attached hydrogens (tertiary/aromatic N) is 2. The summed E-state index contributed by atoms with van der Waals surface area (Å²) in [4.78, 5) is 55.8. The molecule has 0 saturated carbocycles. The van der Waals surface area contributed by atoms with Gasteiger partial charge in [-0.3, -0.25) is 9.59 Å². The molecule has 0 aliphatic carbocycles. The van der Waals surface area contributed by atoms with E-state index in [4.69, 9.17) is 43.4 Å². The molecule has 4 N–H and O–H groups in total. The van der Waals surface area contributed by atoms with E-state index in [2.05, 4.69) is 21.3 Å². The molecule has 16 heteroatoms. The van der Waals surface area contributed by atoms with E-state index < -0.39 is 36.1 Å². The molecule has 6 rings (SSSR count). The number of rotatable bonds is 12. The molecule has 2 unspecified atom stereocenters. The van der Waals surface area contributed by atoms with Crippen LogP contribution in [-0.2, 0) is 28.7 Å². The molecule has 2 aromatic carbocycles. The van der Waals surface area contributed by atoms with Crippen molar-refractivity contribution in [2.24, 2.45) is 0 Å². The molecule has 2 amide bonds. The number of esters is 2. The van der Waals surface area contributed by atoms with Gasteiger partial charge in [0.1, 0.15) is 36.8 Å². The zero-order valence-corrected chi connectivity index (χ0v) is 33.3. The van der Waals surface area contributed by atoms with Crippen molar-refractivity contribution in [1.29, 1.82) is 0 Å². The standard InChI is InChI=1S/C40H46N6O8S2/c1-23-31(35(47)45-17-9-15-29(45)37(49)51-3)33(43-39(55)41-23)25-11-7-13-27(21-25)53-19-5-6-20-54-28-14-8-12-26(22-28)34-32(24(2)42-40(56)44-34)36(48)46-18-10-16-30(46)38(50)52-4/h5-8,11-14,21-22,29-30,33-34H,9-10,15-20H2,1-4H3,(H2,41,43,55)(H2,42,44,56)/b6-5+/t29-,30-,33?,34?/m0/s1. The van der Waals surface area contributed by atoms with Gasteiger partial charge in [-0.25, -0.2) is 9.59 Å². The molecule has 0 bridgehead atoms. The molecule has 4 aliphatic heterocycles. The number of hydrogen-bond donors (Lipinski definition) is 4. The van der Waals surface area contributed by atoms with E-state index in [1.54, 1.807) is 23.6 Å². The van der Waals surface area contributed by atoms with Crippen molar-refractivity contribution in [2.75, 3.05) is 40.5 Å². The van der Waals surface area contributed by atoms with E-state index in [0.29, 0.717) is 83.0 Å². The topological polar surface area (TPSA) is 160 Å². The molecule has 0 aromatic heterocycles. The summed E-state index contributed by atoms with van der Waals surface area (Å²) >= 11 is 10.9. The maximum Gasteiger partial charge on any atom is 0.328 e. The van der Waals surface area contributed by atoms with Crippen LogP contribution in [-0.4, -0.2) is 96.4 Å². The maximum atomic E-state index is 13.9. The number of nitrogens with one attached hydrogen (secondary N) is 4. The molecule has 56 heavy (non-hydrogen) atoms. The lowest BCUT2D eigenvalue weighted by molar-refractivity contribution is -0.150. The first-order valence-electron chi connectivity index (χ1n) is 18.4. The van der Waals surface area contributed by atoms with Crippen molar-refractivity contribution in [3.05, 3.63) is 94.4 Å². The average Bonchev–Trinajstić information content (AvgIpc) is 3.89. The normalized spacial score (nSPS) is 22.3. The summed E-state index contributed by atoms with van der Waals surface area (Å²) in [6.45, 7) is 5.03. The van der Waals surface area contributed by atoms with Gasteiger partial charge < -0.3 is 50.0 Å². The van der Waals surface area contributed by atoms with Gasteiger partial charge in [0, 0.05) is 24.5 Å². The van der Waals surface area contributed by atoms with Gasteiger partial charge in [-0.2, -0.15) is 0 Å². The number of hydrogen-bond acceptors (Lipinski definition) is 10. The fraction of sp³-hybridized carbons (Fsp3) is 0.400. The first kappa shape index (κ1) is 40.2. The second kappa shape index (κ2) is 18.0. The molecule has 0 radical (unpaired) electrons. The van der Waals surface area contributed by atoms with Crippen LogP contribution in [0.1, 0.15) is 62.7 Å². The number of carbonyl (C=O) groups is 4. The van der Waals surface area contributed by atoms with Gasteiger partial charge >= 0.3 is 11.9 Å². The predicted molar refractivity (Wildman–Crippen MR) is 215 cm³/mol. The molecule has 4 atom stereocenters. The highest BCUT2D eigenvalue weighted by Crippen LogP contribution is 2.34. The minimum atomic E-state index is -0.629. The zero-order valence-electron chi connectivity index (χ0n) is 31.7. The summed E-state index contributed by atoms with van der Waals surface area (Å²) < 4.78 is 22.0. The molecule has 2 fully saturated rings. The smallest absolute Gasteiger partial charge is 0.328 e. The molecule has 4 aliphatic rings. The second-order valence-electron chi connectivity index (χ2n) is 13.7. The van der Waals surface area contributed by atoms with Crippen LogP contribution in [0.5, 0.6) is 11.5 Å². The van der Waals surface area contributed by atoms with E-state index >= 15 is 0 Å². The van der Waals surface area contributed by atoms with Gasteiger partial charge in [-0.1, -0.05) is 24.3 Å².